The number of nitriles is 1. The van der Waals surface area contributed by atoms with E-state index in [1.807, 2.05) is 18.2 Å². The van der Waals surface area contributed by atoms with E-state index in [1.165, 1.54) is 6.07 Å². The average Bonchev–Trinajstić information content (AvgIpc) is 2.56. The Kier molecular flexibility index (Phi) is 3.91. The average molecular weight is 308 g/mol. The summed E-state index contributed by atoms with van der Waals surface area (Å²) in [6.07, 6.45) is 0. The predicted molar refractivity (Wildman–Crippen MR) is 87.0 cm³/mol. The van der Waals surface area contributed by atoms with E-state index in [9.17, 15) is 4.39 Å². The number of nitrogens with zero attached hydrogens (tertiary/aromatic N) is 1. The third-order valence-corrected chi connectivity index (χ3v) is 3.72. The molecule has 0 heterocycles. The van der Waals surface area contributed by atoms with Gasteiger partial charge in [-0.25, -0.2) is 4.39 Å². The fourth-order valence-electron chi connectivity index (χ4n) is 2.30. The van der Waals surface area contributed by atoms with Gasteiger partial charge in [-0.3, -0.25) is 0 Å². The summed E-state index contributed by atoms with van der Waals surface area (Å²) in [6.45, 7) is 0. The van der Waals surface area contributed by atoms with Crippen LogP contribution in [0, 0.1) is 17.1 Å². The van der Waals surface area contributed by atoms with Crippen molar-refractivity contribution in [2.24, 2.45) is 0 Å². The minimum atomic E-state index is -0.294. The van der Waals surface area contributed by atoms with Gasteiger partial charge >= 0.3 is 0 Å². The second kappa shape index (κ2) is 6.01. The third kappa shape index (κ3) is 2.86. The van der Waals surface area contributed by atoms with E-state index in [0.29, 0.717) is 16.1 Å². The van der Waals surface area contributed by atoms with Gasteiger partial charge in [-0.15, -0.1) is 0 Å². The molecule has 0 bridgehead atoms. The Hall–Kier alpha value is -2.63. The normalized spacial score (nSPS) is 10.2. The zero-order chi connectivity index (χ0) is 15.5. The van der Waals surface area contributed by atoms with Crippen molar-refractivity contribution in [1.29, 1.82) is 5.26 Å². The Labute approximate surface area is 133 Å². The van der Waals surface area contributed by atoms with Crippen molar-refractivity contribution >= 4 is 11.6 Å². The van der Waals surface area contributed by atoms with Crippen molar-refractivity contribution in [2.75, 3.05) is 0 Å². The summed E-state index contributed by atoms with van der Waals surface area (Å²) in [5.74, 6) is -0.294. The van der Waals surface area contributed by atoms with Crippen molar-refractivity contribution in [1.82, 2.24) is 0 Å². The van der Waals surface area contributed by atoms with Crippen LogP contribution in [-0.2, 0) is 0 Å². The van der Waals surface area contributed by atoms with Crippen LogP contribution in [-0.4, -0.2) is 0 Å². The Morgan fingerprint density at radius 2 is 1.36 bits per heavy atom. The van der Waals surface area contributed by atoms with Gasteiger partial charge in [-0.2, -0.15) is 5.26 Å². The van der Waals surface area contributed by atoms with Crippen molar-refractivity contribution in [3.8, 4) is 28.3 Å². The van der Waals surface area contributed by atoms with Crippen LogP contribution in [0.5, 0.6) is 0 Å². The molecule has 0 spiro atoms. The molecule has 0 N–H and O–H groups in total. The van der Waals surface area contributed by atoms with Gasteiger partial charge in [-0.05, 0) is 47.0 Å². The summed E-state index contributed by atoms with van der Waals surface area (Å²) in [4.78, 5) is 0. The highest BCUT2D eigenvalue weighted by Crippen LogP contribution is 2.28. The highest BCUT2D eigenvalue weighted by Gasteiger charge is 2.07. The molecule has 0 saturated carbocycles. The molecule has 0 amide bonds. The maximum Gasteiger partial charge on any atom is 0.131 e. The van der Waals surface area contributed by atoms with Crippen molar-refractivity contribution in [3.63, 3.8) is 0 Å². The standard InChI is InChI=1S/C19H11ClFN/c20-17-8-5-14(6-9-17)16-7-10-18(19(21)11-16)15-3-1-13(12-22)2-4-15/h1-11H. The van der Waals surface area contributed by atoms with Gasteiger partial charge < -0.3 is 0 Å². The third-order valence-electron chi connectivity index (χ3n) is 3.47. The van der Waals surface area contributed by atoms with Gasteiger partial charge in [0.15, 0.2) is 0 Å². The van der Waals surface area contributed by atoms with Gasteiger partial charge in [-0.1, -0.05) is 48.0 Å². The van der Waals surface area contributed by atoms with Crippen LogP contribution in [0.15, 0.2) is 66.7 Å². The minimum absolute atomic E-state index is 0.294. The van der Waals surface area contributed by atoms with Crippen molar-refractivity contribution in [2.45, 2.75) is 0 Å². The molecule has 0 aliphatic carbocycles. The molecule has 0 atom stereocenters. The lowest BCUT2D eigenvalue weighted by atomic mass is 9.99. The highest BCUT2D eigenvalue weighted by atomic mass is 35.5. The van der Waals surface area contributed by atoms with Crippen LogP contribution >= 0.6 is 11.6 Å². The minimum Gasteiger partial charge on any atom is -0.206 e. The molecule has 3 aromatic carbocycles. The van der Waals surface area contributed by atoms with E-state index in [2.05, 4.69) is 6.07 Å². The summed E-state index contributed by atoms with van der Waals surface area (Å²) in [5, 5.41) is 9.45. The Bertz CT molecular complexity index is 846. The Balaban J connectivity index is 1.98. The highest BCUT2D eigenvalue weighted by molar-refractivity contribution is 6.30. The summed E-state index contributed by atoms with van der Waals surface area (Å²) >= 11 is 5.86. The molecule has 0 radical (unpaired) electrons. The topological polar surface area (TPSA) is 23.8 Å². The summed E-state index contributed by atoms with van der Waals surface area (Å²) < 4.78 is 14.4. The lowest BCUT2D eigenvalue weighted by molar-refractivity contribution is 0.632. The maximum absolute atomic E-state index is 14.4. The van der Waals surface area contributed by atoms with Crippen LogP contribution in [0.1, 0.15) is 5.56 Å². The Morgan fingerprint density at radius 3 is 1.95 bits per heavy atom. The monoisotopic (exact) mass is 307 g/mol. The molecule has 3 heteroatoms. The van der Waals surface area contributed by atoms with Crippen LogP contribution in [0.4, 0.5) is 4.39 Å². The van der Waals surface area contributed by atoms with E-state index >= 15 is 0 Å². The first-order chi connectivity index (χ1) is 10.7. The zero-order valence-electron chi connectivity index (χ0n) is 11.6. The van der Waals surface area contributed by atoms with Gasteiger partial charge in [0.25, 0.3) is 0 Å². The molecule has 106 valence electrons. The molecular weight excluding hydrogens is 297 g/mol. The van der Waals surface area contributed by atoms with E-state index in [1.54, 1.807) is 42.5 Å². The first-order valence-electron chi connectivity index (χ1n) is 6.73. The molecule has 0 saturated heterocycles. The summed E-state index contributed by atoms with van der Waals surface area (Å²) in [5.41, 5.74) is 3.53. The van der Waals surface area contributed by atoms with Gasteiger partial charge in [0, 0.05) is 10.6 Å². The lowest BCUT2D eigenvalue weighted by Crippen LogP contribution is -1.87. The molecule has 22 heavy (non-hydrogen) atoms. The molecule has 0 aliphatic heterocycles. The van der Waals surface area contributed by atoms with E-state index < -0.39 is 0 Å². The van der Waals surface area contributed by atoms with E-state index in [-0.39, 0.29) is 5.82 Å². The van der Waals surface area contributed by atoms with Crippen molar-refractivity contribution in [3.05, 3.63) is 83.1 Å². The molecule has 3 rings (SSSR count). The molecule has 0 unspecified atom stereocenters. The number of hydrogen-bond acceptors (Lipinski definition) is 1. The van der Waals surface area contributed by atoms with E-state index in [0.717, 1.165) is 16.7 Å². The quantitative estimate of drug-likeness (QED) is 0.597. The van der Waals surface area contributed by atoms with E-state index in [4.69, 9.17) is 16.9 Å². The van der Waals surface area contributed by atoms with Crippen LogP contribution in [0.25, 0.3) is 22.3 Å². The van der Waals surface area contributed by atoms with Crippen molar-refractivity contribution < 1.29 is 4.39 Å². The molecule has 0 fully saturated rings. The zero-order valence-corrected chi connectivity index (χ0v) is 12.3. The fraction of sp³-hybridized carbons (Fsp3) is 0. The smallest absolute Gasteiger partial charge is 0.131 e. The van der Waals surface area contributed by atoms with Gasteiger partial charge in [0.1, 0.15) is 5.82 Å². The maximum atomic E-state index is 14.4. The number of rotatable bonds is 2. The molecule has 1 nitrogen and oxygen atoms in total. The summed E-state index contributed by atoms with van der Waals surface area (Å²) in [6, 6.07) is 21.3. The first-order valence-corrected chi connectivity index (χ1v) is 7.11. The first kappa shape index (κ1) is 14.3. The SMILES string of the molecule is N#Cc1ccc(-c2ccc(-c3ccc(Cl)cc3)cc2F)cc1. The molecule has 3 aromatic rings. The number of hydrogen-bond donors (Lipinski definition) is 0. The molecule has 0 aromatic heterocycles. The second-order valence-electron chi connectivity index (χ2n) is 4.89. The largest absolute Gasteiger partial charge is 0.206 e. The van der Waals surface area contributed by atoms with Crippen LogP contribution < -0.4 is 0 Å². The number of benzene rings is 3. The molecule has 0 aliphatic rings. The second-order valence-corrected chi connectivity index (χ2v) is 5.33. The lowest BCUT2D eigenvalue weighted by Gasteiger charge is -2.07. The molecular formula is C19H11ClFN. The Morgan fingerprint density at radius 1 is 0.773 bits per heavy atom. The number of halogens is 2. The van der Waals surface area contributed by atoms with Crippen LogP contribution in [0.3, 0.4) is 0 Å². The van der Waals surface area contributed by atoms with Gasteiger partial charge in [0.05, 0.1) is 11.6 Å². The summed E-state index contributed by atoms with van der Waals surface area (Å²) in [7, 11) is 0. The van der Waals surface area contributed by atoms with Gasteiger partial charge in [0.2, 0.25) is 0 Å². The fourth-order valence-corrected chi connectivity index (χ4v) is 2.42. The van der Waals surface area contributed by atoms with Crippen LogP contribution in [0.2, 0.25) is 5.02 Å². The predicted octanol–water partition coefficient (Wildman–Crippen LogP) is 5.68.